The summed E-state index contributed by atoms with van der Waals surface area (Å²) in [5.41, 5.74) is 1.03. The van der Waals surface area contributed by atoms with Gasteiger partial charge in [0.25, 0.3) is 5.91 Å². The summed E-state index contributed by atoms with van der Waals surface area (Å²) in [4.78, 5) is 25.1. The number of amides is 3. The summed E-state index contributed by atoms with van der Waals surface area (Å²) in [6, 6.07) is 4.41. The molecule has 9 heteroatoms. The molecule has 0 spiro atoms. The van der Waals surface area contributed by atoms with Crippen LogP contribution in [-0.2, 0) is 14.6 Å². The highest BCUT2D eigenvalue weighted by molar-refractivity contribution is 7.90. The Morgan fingerprint density at radius 2 is 2.09 bits per heavy atom. The van der Waals surface area contributed by atoms with E-state index < -0.39 is 22.0 Å². The van der Waals surface area contributed by atoms with Crippen LogP contribution in [0, 0.1) is 0 Å². The fourth-order valence-corrected chi connectivity index (χ4v) is 2.59. The predicted molar refractivity (Wildman–Crippen MR) is 86.7 cm³/mol. The van der Waals surface area contributed by atoms with Gasteiger partial charge in [0.2, 0.25) is 0 Å². The smallest absolute Gasteiger partial charge is 0.319 e. The standard InChI is InChI=1S/C14H19N3O5S/c1-9-13(18)17(2)11-8-10(4-5-12(11)22-9)16-14(19)15-6-7-23(3,20)21/h4-5,8-9H,6-7H2,1-3H3,(H2,15,16,19). The lowest BCUT2D eigenvalue weighted by Crippen LogP contribution is -2.42. The van der Waals surface area contributed by atoms with Gasteiger partial charge >= 0.3 is 6.03 Å². The normalized spacial score (nSPS) is 17.3. The molecule has 0 aliphatic carbocycles. The van der Waals surface area contributed by atoms with Crippen LogP contribution in [0.15, 0.2) is 18.2 Å². The van der Waals surface area contributed by atoms with Crippen LogP contribution in [0.3, 0.4) is 0 Å². The van der Waals surface area contributed by atoms with E-state index in [2.05, 4.69) is 10.6 Å². The Bertz CT molecular complexity index is 732. The number of sulfone groups is 1. The zero-order valence-electron chi connectivity index (χ0n) is 13.1. The number of fused-ring (bicyclic) bond motifs is 1. The van der Waals surface area contributed by atoms with Crippen molar-refractivity contribution in [3.8, 4) is 5.75 Å². The first-order chi connectivity index (χ1) is 10.7. The Hall–Kier alpha value is -2.29. The summed E-state index contributed by atoms with van der Waals surface area (Å²) in [7, 11) is -1.49. The summed E-state index contributed by atoms with van der Waals surface area (Å²) in [6.07, 6.45) is 0.551. The van der Waals surface area contributed by atoms with E-state index in [-0.39, 0.29) is 18.2 Å². The molecule has 0 saturated carbocycles. The van der Waals surface area contributed by atoms with E-state index in [0.717, 1.165) is 6.26 Å². The number of carbonyl (C=O) groups excluding carboxylic acids is 2. The number of benzene rings is 1. The summed E-state index contributed by atoms with van der Waals surface area (Å²) < 4.78 is 27.5. The second kappa shape index (κ2) is 6.45. The Labute approximate surface area is 134 Å². The molecule has 0 bridgehead atoms. The van der Waals surface area contributed by atoms with Crippen LogP contribution in [0.2, 0.25) is 0 Å². The molecule has 0 radical (unpaired) electrons. The van der Waals surface area contributed by atoms with E-state index in [0.29, 0.717) is 17.1 Å². The number of hydrogen-bond donors (Lipinski definition) is 2. The summed E-state index contributed by atoms with van der Waals surface area (Å²) >= 11 is 0. The molecule has 1 aliphatic rings. The molecule has 0 saturated heterocycles. The minimum absolute atomic E-state index is 0.0224. The van der Waals surface area contributed by atoms with Gasteiger partial charge in [0.15, 0.2) is 6.10 Å². The molecular formula is C14H19N3O5S. The van der Waals surface area contributed by atoms with Gasteiger partial charge in [0.05, 0.1) is 11.4 Å². The lowest BCUT2D eigenvalue weighted by molar-refractivity contribution is -0.125. The van der Waals surface area contributed by atoms with E-state index in [1.54, 1.807) is 32.2 Å². The second-order valence-electron chi connectivity index (χ2n) is 5.35. The number of rotatable bonds is 4. The van der Waals surface area contributed by atoms with Crippen molar-refractivity contribution in [2.24, 2.45) is 0 Å². The lowest BCUT2D eigenvalue weighted by atomic mass is 10.2. The third-order valence-corrected chi connectivity index (χ3v) is 4.26. The molecule has 1 aromatic rings. The Balaban J connectivity index is 2.02. The molecule has 1 unspecified atom stereocenters. The zero-order chi connectivity index (χ0) is 17.2. The van der Waals surface area contributed by atoms with Crippen molar-refractivity contribution < 1.29 is 22.7 Å². The number of anilines is 2. The molecule has 0 fully saturated rings. The average molecular weight is 341 g/mol. The summed E-state index contributed by atoms with van der Waals surface area (Å²) in [5, 5.41) is 5.04. The highest BCUT2D eigenvalue weighted by Gasteiger charge is 2.29. The molecule has 3 amide bonds. The van der Waals surface area contributed by atoms with Crippen LogP contribution in [0.1, 0.15) is 6.92 Å². The molecular weight excluding hydrogens is 322 g/mol. The maximum atomic E-state index is 11.9. The molecule has 126 valence electrons. The molecule has 0 aromatic heterocycles. The van der Waals surface area contributed by atoms with Crippen LogP contribution >= 0.6 is 0 Å². The molecule has 23 heavy (non-hydrogen) atoms. The first kappa shape index (κ1) is 17.1. The fraction of sp³-hybridized carbons (Fsp3) is 0.429. The highest BCUT2D eigenvalue weighted by Crippen LogP contribution is 2.35. The van der Waals surface area contributed by atoms with Crippen molar-refractivity contribution in [3.63, 3.8) is 0 Å². The SMILES string of the molecule is CC1Oc2ccc(NC(=O)NCCS(C)(=O)=O)cc2N(C)C1=O. The second-order valence-corrected chi connectivity index (χ2v) is 7.61. The zero-order valence-corrected chi connectivity index (χ0v) is 13.9. The Morgan fingerprint density at radius 1 is 1.39 bits per heavy atom. The average Bonchev–Trinajstić information content (AvgIpc) is 2.44. The predicted octanol–water partition coefficient (Wildman–Crippen LogP) is 0.596. The van der Waals surface area contributed by atoms with Crippen molar-refractivity contribution in [1.82, 2.24) is 5.32 Å². The number of likely N-dealkylation sites (N-methyl/N-ethyl adjacent to an activating group) is 1. The first-order valence-corrected chi connectivity index (χ1v) is 9.04. The Kier molecular flexibility index (Phi) is 4.79. The van der Waals surface area contributed by atoms with E-state index >= 15 is 0 Å². The van der Waals surface area contributed by atoms with Crippen molar-refractivity contribution >= 4 is 33.2 Å². The molecule has 1 aromatic carbocycles. The molecule has 1 heterocycles. The lowest BCUT2D eigenvalue weighted by Gasteiger charge is -2.30. The number of urea groups is 1. The van der Waals surface area contributed by atoms with Gasteiger partial charge in [-0.1, -0.05) is 0 Å². The number of hydrogen-bond acceptors (Lipinski definition) is 5. The van der Waals surface area contributed by atoms with Gasteiger partial charge < -0.3 is 20.3 Å². The highest BCUT2D eigenvalue weighted by atomic mass is 32.2. The monoisotopic (exact) mass is 341 g/mol. The van der Waals surface area contributed by atoms with E-state index in [4.69, 9.17) is 4.74 Å². The third-order valence-electron chi connectivity index (χ3n) is 3.32. The molecule has 1 atom stereocenters. The summed E-state index contributed by atoms with van der Waals surface area (Å²) in [5.74, 6) is 0.253. The maximum absolute atomic E-state index is 11.9. The topological polar surface area (TPSA) is 105 Å². The maximum Gasteiger partial charge on any atom is 0.319 e. The van der Waals surface area contributed by atoms with Crippen LogP contribution in [0.4, 0.5) is 16.2 Å². The first-order valence-electron chi connectivity index (χ1n) is 6.98. The van der Waals surface area contributed by atoms with Gasteiger partial charge in [-0.25, -0.2) is 13.2 Å². The van der Waals surface area contributed by atoms with Crippen LogP contribution < -0.4 is 20.3 Å². The fourth-order valence-electron chi connectivity index (χ4n) is 2.11. The third kappa shape index (κ3) is 4.35. The minimum Gasteiger partial charge on any atom is -0.479 e. The van der Waals surface area contributed by atoms with Gasteiger partial charge in [-0.05, 0) is 25.1 Å². The molecule has 2 rings (SSSR count). The Morgan fingerprint density at radius 3 is 2.74 bits per heavy atom. The van der Waals surface area contributed by atoms with Crippen molar-refractivity contribution in [1.29, 1.82) is 0 Å². The van der Waals surface area contributed by atoms with E-state index in [1.807, 2.05) is 0 Å². The summed E-state index contributed by atoms with van der Waals surface area (Å²) in [6.45, 7) is 1.69. The van der Waals surface area contributed by atoms with E-state index in [1.165, 1.54) is 4.90 Å². The van der Waals surface area contributed by atoms with Crippen LogP contribution in [0.25, 0.3) is 0 Å². The van der Waals surface area contributed by atoms with Crippen molar-refractivity contribution in [3.05, 3.63) is 18.2 Å². The van der Waals surface area contributed by atoms with Gasteiger partial charge in [-0.3, -0.25) is 4.79 Å². The van der Waals surface area contributed by atoms with Crippen LogP contribution in [0.5, 0.6) is 5.75 Å². The van der Waals surface area contributed by atoms with Crippen LogP contribution in [-0.4, -0.2) is 52.1 Å². The molecule has 8 nitrogen and oxygen atoms in total. The van der Waals surface area contributed by atoms with E-state index in [9.17, 15) is 18.0 Å². The van der Waals surface area contributed by atoms with Crippen molar-refractivity contribution in [2.45, 2.75) is 13.0 Å². The van der Waals surface area contributed by atoms with Crippen molar-refractivity contribution in [2.75, 3.05) is 35.8 Å². The molecule has 1 aliphatic heterocycles. The van der Waals surface area contributed by atoms with Gasteiger partial charge in [0, 0.05) is 25.5 Å². The number of nitrogens with one attached hydrogen (secondary N) is 2. The number of ether oxygens (including phenoxy) is 1. The minimum atomic E-state index is -3.13. The quantitative estimate of drug-likeness (QED) is 0.834. The van der Waals surface area contributed by atoms with Gasteiger partial charge in [0.1, 0.15) is 15.6 Å². The number of nitrogens with zero attached hydrogens (tertiary/aromatic N) is 1. The van der Waals surface area contributed by atoms with Gasteiger partial charge in [-0.15, -0.1) is 0 Å². The number of carbonyl (C=O) groups is 2. The molecule has 2 N–H and O–H groups in total. The largest absolute Gasteiger partial charge is 0.479 e. The van der Waals surface area contributed by atoms with Gasteiger partial charge in [-0.2, -0.15) is 0 Å².